The number of hydrogen-bond donors (Lipinski definition) is 0. The fraction of sp³-hybridized carbons (Fsp3) is 0.0476. The smallest absolute Gasteiger partial charge is 0.121 e. The first-order valence-electron chi connectivity index (χ1n) is 8.19. The Hall–Kier alpha value is -2.91. The van der Waals surface area contributed by atoms with Crippen LogP contribution in [0.3, 0.4) is 0 Å². The van der Waals surface area contributed by atoms with Gasteiger partial charge in [-0.1, -0.05) is 83.5 Å². The quantitative estimate of drug-likeness (QED) is 0.399. The van der Waals surface area contributed by atoms with Crippen molar-refractivity contribution in [1.29, 1.82) is 0 Å². The van der Waals surface area contributed by atoms with E-state index in [4.69, 9.17) is 11.6 Å². The molecule has 3 nitrogen and oxygen atoms in total. The van der Waals surface area contributed by atoms with E-state index in [1.165, 1.54) is 10.8 Å². The van der Waals surface area contributed by atoms with Crippen molar-refractivity contribution in [2.24, 2.45) is 0 Å². The molecular weight excluding hydrogens is 330 g/mol. The highest BCUT2D eigenvalue weighted by Gasteiger charge is 2.14. The largest absolute Gasteiger partial charge is 0.240 e. The minimum Gasteiger partial charge on any atom is -0.240 e. The molecule has 0 saturated heterocycles. The monoisotopic (exact) mass is 343 g/mol. The van der Waals surface area contributed by atoms with Gasteiger partial charge in [-0.25, -0.2) is 4.68 Å². The van der Waals surface area contributed by atoms with Crippen molar-refractivity contribution in [2.45, 2.75) is 6.54 Å². The molecule has 25 heavy (non-hydrogen) atoms. The van der Waals surface area contributed by atoms with E-state index in [0.717, 1.165) is 32.4 Å². The number of aromatic nitrogens is 3. The Kier molecular flexibility index (Phi) is 3.22. The highest BCUT2D eigenvalue weighted by Crippen LogP contribution is 2.34. The fourth-order valence-corrected chi connectivity index (χ4v) is 3.70. The van der Waals surface area contributed by atoms with Gasteiger partial charge in [0, 0.05) is 15.8 Å². The second-order valence-electron chi connectivity index (χ2n) is 6.13. The summed E-state index contributed by atoms with van der Waals surface area (Å²) in [5.41, 5.74) is 3.02. The maximum Gasteiger partial charge on any atom is 0.121 e. The number of hydrogen-bond acceptors (Lipinski definition) is 2. The van der Waals surface area contributed by atoms with E-state index >= 15 is 0 Å². The van der Waals surface area contributed by atoms with Crippen LogP contribution in [0, 0.1) is 0 Å². The zero-order valence-corrected chi connectivity index (χ0v) is 14.1. The van der Waals surface area contributed by atoms with Crippen LogP contribution in [0.2, 0.25) is 5.02 Å². The second-order valence-corrected chi connectivity index (χ2v) is 6.53. The molecule has 0 spiro atoms. The molecule has 0 aliphatic rings. The third-order valence-electron chi connectivity index (χ3n) is 4.67. The summed E-state index contributed by atoms with van der Waals surface area (Å²) in [7, 11) is 0. The van der Waals surface area contributed by atoms with Gasteiger partial charge in [-0.3, -0.25) is 0 Å². The van der Waals surface area contributed by atoms with Gasteiger partial charge in [-0.15, -0.1) is 5.10 Å². The Balaban J connectivity index is 1.87. The molecule has 4 aromatic carbocycles. The van der Waals surface area contributed by atoms with E-state index in [2.05, 4.69) is 52.8 Å². The van der Waals surface area contributed by atoms with Crippen LogP contribution >= 0.6 is 11.6 Å². The summed E-state index contributed by atoms with van der Waals surface area (Å²) in [6, 6.07) is 24.7. The summed E-state index contributed by atoms with van der Waals surface area (Å²) in [6.07, 6.45) is 0. The first-order chi connectivity index (χ1) is 12.3. The van der Waals surface area contributed by atoms with Crippen LogP contribution in [0.1, 0.15) is 5.56 Å². The Morgan fingerprint density at radius 3 is 2.08 bits per heavy atom. The van der Waals surface area contributed by atoms with Gasteiger partial charge in [0.2, 0.25) is 0 Å². The Bertz CT molecular complexity index is 1240. The van der Waals surface area contributed by atoms with Gasteiger partial charge in [0.1, 0.15) is 5.52 Å². The lowest BCUT2D eigenvalue weighted by Crippen LogP contribution is -2.02. The molecule has 0 aliphatic heterocycles. The summed E-state index contributed by atoms with van der Waals surface area (Å²) in [5.74, 6) is 0. The van der Waals surface area contributed by atoms with Crippen molar-refractivity contribution in [2.75, 3.05) is 0 Å². The summed E-state index contributed by atoms with van der Waals surface area (Å²) in [5, 5.41) is 14.4. The predicted molar refractivity (Wildman–Crippen MR) is 103 cm³/mol. The Morgan fingerprint density at radius 2 is 1.32 bits per heavy atom. The summed E-state index contributed by atoms with van der Waals surface area (Å²) in [4.78, 5) is 0. The Morgan fingerprint density at radius 1 is 0.720 bits per heavy atom. The van der Waals surface area contributed by atoms with Crippen LogP contribution < -0.4 is 0 Å². The zero-order valence-electron chi connectivity index (χ0n) is 13.4. The van der Waals surface area contributed by atoms with Crippen molar-refractivity contribution < 1.29 is 0 Å². The predicted octanol–water partition coefficient (Wildman–Crippen LogP) is 5.44. The van der Waals surface area contributed by atoms with Gasteiger partial charge in [-0.2, -0.15) is 0 Å². The standard InChI is InChI=1S/C21H14ClN3/c22-19-12-6-1-7-14(19)13-25-21-18-11-5-3-9-16(18)15-8-2-4-10-17(15)20(21)23-24-25/h1-12H,13H2. The van der Waals surface area contributed by atoms with E-state index in [1.54, 1.807) is 0 Å². The van der Waals surface area contributed by atoms with Crippen molar-refractivity contribution in [1.82, 2.24) is 15.0 Å². The molecule has 120 valence electrons. The van der Waals surface area contributed by atoms with Crippen LogP contribution in [-0.4, -0.2) is 15.0 Å². The van der Waals surface area contributed by atoms with E-state index in [-0.39, 0.29) is 0 Å². The van der Waals surface area contributed by atoms with Crippen LogP contribution in [0.15, 0.2) is 72.8 Å². The number of nitrogens with zero attached hydrogens (tertiary/aromatic N) is 3. The summed E-state index contributed by atoms with van der Waals surface area (Å²) in [6.45, 7) is 0.596. The van der Waals surface area contributed by atoms with Crippen molar-refractivity contribution in [3.8, 4) is 0 Å². The molecule has 0 saturated carbocycles. The maximum absolute atomic E-state index is 6.34. The van der Waals surface area contributed by atoms with Crippen molar-refractivity contribution >= 4 is 44.2 Å². The van der Waals surface area contributed by atoms with Crippen LogP contribution in [-0.2, 0) is 6.54 Å². The fourth-order valence-electron chi connectivity index (χ4n) is 3.51. The molecule has 5 rings (SSSR count). The average Bonchev–Trinajstić information content (AvgIpc) is 3.08. The zero-order chi connectivity index (χ0) is 16.8. The first kappa shape index (κ1) is 14.4. The molecule has 0 radical (unpaired) electrons. The number of benzene rings is 4. The summed E-state index contributed by atoms with van der Waals surface area (Å²) >= 11 is 6.34. The van der Waals surface area contributed by atoms with Gasteiger partial charge in [0.05, 0.1) is 12.1 Å². The average molecular weight is 344 g/mol. The van der Waals surface area contributed by atoms with Gasteiger partial charge in [-0.05, 0) is 22.4 Å². The van der Waals surface area contributed by atoms with Crippen LogP contribution in [0.5, 0.6) is 0 Å². The van der Waals surface area contributed by atoms with Gasteiger partial charge >= 0.3 is 0 Å². The van der Waals surface area contributed by atoms with Gasteiger partial charge < -0.3 is 0 Å². The molecule has 1 aromatic heterocycles. The normalized spacial score (nSPS) is 11.6. The van der Waals surface area contributed by atoms with Gasteiger partial charge in [0.15, 0.2) is 0 Å². The molecule has 1 heterocycles. The molecule has 0 unspecified atom stereocenters. The highest BCUT2D eigenvalue weighted by molar-refractivity contribution is 6.31. The molecule has 0 N–H and O–H groups in total. The molecule has 0 amide bonds. The van der Waals surface area contributed by atoms with Gasteiger partial charge in [0.25, 0.3) is 0 Å². The highest BCUT2D eigenvalue weighted by atomic mass is 35.5. The molecule has 5 aromatic rings. The van der Waals surface area contributed by atoms with Crippen LogP contribution in [0.25, 0.3) is 32.6 Å². The Labute approximate surface area is 149 Å². The topological polar surface area (TPSA) is 30.7 Å². The SMILES string of the molecule is Clc1ccccc1Cn1nnc2c3ccccc3c3ccccc3c21. The number of rotatable bonds is 2. The minimum atomic E-state index is 0.596. The van der Waals surface area contributed by atoms with Crippen LogP contribution in [0.4, 0.5) is 0 Å². The van der Waals surface area contributed by atoms with Crippen molar-refractivity contribution in [3.05, 3.63) is 83.4 Å². The first-order valence-corrected chi connectivity index (χ1v) is 8.57. The molecule has 0 bridgehead atoms. The van der Waals surface area contributed by atoms with E-state index < -0.39 is 0 Å². The molecule has 0 fully saturated rings. The lowest BCUT2D eigenvalue weighted by atomic mass is 10.00. The third kappa shape index (κ3) is 2.20. The molecule has 4 heteroatoms. The van der Waals surface area contributed by atoms with E-state index in [9.17, 15) is 0 Å². The van der Waals surface area contributed by atoms with Crippen molar-refractivity contribution in [3.63, 3.8) is 0 Å². The lowest BCUT2D eigenvalue weighted by Gasteiger charge is -2.09. The minimum absolute atomic E-state index is 0.596. The van der Waals surface area contributed by atoms with E-state index in [0.29, 0.717) is 6.54 Å². The molecular formula is C21H14ClN3. The molecule has 0 aliphatic carbocycles. The molecule has 0 atom stereocenters. The second kappa shape index (κ2) is 5.57. The summed E-state index contributed by atoms with van der Waals surface area (Å²) < 4.78 is 1.95. The lowest BCUT2D eigenvalue weighted by molar-refractivity contribution is 0.671. The van der Waals surface area contributed by atoms with E-state index in [1.807, 2.05) is 35.0 Å². The number of fused-ring (bicyclic) bond motifs is 6. The maximum atomic E-state index is 6.34. The number of halogens is 1. The third-order valence-corrected chi connectivity index (χ3v) is 5.04.